The normalized spacial score (nSPS) is 20.1. The van der Waals surface area contributed by atoms with Crippen LogP contribution in [0.3, 0.4) is 0 Å². The van der Waals surface area contributed by atoms with Crippen LogP contribution in [0.5, 0.6) is 0 Å². The van der Waals surface area contributed by atoms with E-state index in [9.17, 15) is 13.2 Å². The highest BCUT2D eigenvalue weighted by Gasteiger charge is 2.30. The summed E-state index contributed by atoms with van der Waals surface area (Å²) < 4.78 is 30.7. The number of nitrogens with zero attached hydrogens (tertiary/aromatic N) is 2. The first kappa shape index (κ1) is 19.1. The molecule has 0 aliphatic carbocycles. The van der Waals surface area contributed by atoms with Gasteiger partial charge in [-0.3, -0.25) is 4.79 Å². The highest BCUT2D eigenvalue weighted by atomic mass is 32.2. The summed E-state index contributed by atoms with van der Waals surface area (Å²) in [5, 5.41) is 2.96. The van der Waals surface area contributed by atoms with Gasteiger partial charge in [-0.1, -0.05) is 0 Å². The van der Waals surface area contributed by atoms with Crippen molar-refractivity contribution < 1.29 is 17.9 Å². The van der Waals surface area contributed by atoms with Crippen LogP contribution in [0.15, 0.2) is 24.3 Å². The Morgan fingerprint density at radius 2 is 1.73 bits per heavy atom. The molecule has 0 spiro atoms. The number of nitrogens with one attached hydrogen (secondary N) is 1. The molecule has 7 nitrogen and oxygen atoms in total. The van der Waals surface area contributed by atoms with Gasteiger partial charge in [0.15, 0.2) is 0 Å². The third kappa shape index (κ3) is 4.55. The number of morpholine rings is 1. The standard InChI is InChI=1S/C18H27N3O4S/c1-2-26(23,24)21-9-7-15(8-10-21)18(22)19-16-3-5-17(6-4-16)20-11-13-25-14-12-20/h3-6,15H,2,7-14H2,1H3,(H,19,22). The average molecular weight is 381 g/mol. The molecule has 2 aliphatic heterocycles. The van der Waals surface area contributed by atoms with Crippen LogP contribution in [0, 0.1) is 5.92 Å². The number of sulfonamides is 1. The minimum Gasteiger partial charge on any atom is -0.378 e. The number of carbonyl (C=O) groups is 1. The van der Waals surface area contributed by atoms with Crippen LogP contribution < -0.4 is 10.2 Å². The molecule has 0 atom stereocenters. The fourth-order valence-corrected chi connectivity index (χ4v) is 4.53. The number of amides is 1. The molecule has 0 radical (unpaired) electrons. The van der Waals surface area contributed by atoms with Gasteiger partial charge in [0.1, 0.15) is 0 Å². The molecule has 1 N–H and O–H groups in total. The van der Waals surface area contributed by atoms with Crippen LogP contribution in [0.1, 0.15) is 19.8 Å². The van der Waals surface area contributed by atoms with Crippen molar-refractivity contribution in [2.75, 3.05) is 55.4 Å². The summed E-state index contributed by atoms with van der Waals surface area (Å²) >= 11 is 0. The molecule has 0 saturated carbocycles. The maximum Gasteiger partial charge on any atom is 0.227 e. The zero-order valence-corrected chi connectivity index (χ0v) is 16.0. The van der Waals surface area contributed by atoms with Crippen LogP contribution >= 0.6 is 0 Å². The van der Waals surface area contributed by atoms with Gasteiger partial charge in [-0.15, -0.1) is 0 Å². The number of carbonyl (C=O) groups excluding carboxylic acids is 1. The van der Waals surface area contributed by atoms with E-state index in [-0.39, 0.29) is 17.6 Å². The van der Waals surface area contributed by atoms with E-state index in [1.807, 2.05) is 24.3 Å². The Hall–Kier alpha value is -1.64. The smallest absolute Gasteiger partial charge is 0.227 e. The molecule has 1 amide bonds. The van der Waals surface area contributed by atoms with Crippen molar-refractivity contribution in [1.82, 2.24) is 4.31 Å². The summed E-state index contributed by atoms with van der Waals surface area (Å²) in [5.74, 6) is -0.0609. The van der Waals surface area contributed by atoms with Crippen LogP contribution in [-0.4, -0.2) is 63.8 Å². The molecule has 26 heavy (non-hydrogen) atoms. The lowest BCUT2D eigenvalue weighted by molar-refractivity contribution is -0.120. The van der Waals surface area contributed by atoms with E-state index in [0.717, 1.165) is 37.7 Å². The van der Waals surface area contributed by atoms with Crippen molar-refractivity contribution >= 4 is 27.3 Å². The predicted octanol–water partition coefficient (Wildman–Crippen LogP) is 1.52. The van der Waals surface area contributed by atoms with Crippen molar-refractivity contribution in [2.45, 2.75) is 19.8 Å². The van der Waals surface area contributed by atoms with E-state index >= 15 is 0 Å². The predicted molar refractivity (Wildman–Crippen MR) is 102 cm³/mol. The zero-order valence-electron chi connectivity index (χ0n) is 15.2. The van der Waals surface area contributed by atoms with Gasteiger partial charge in [-0.25, -0.2) is 12.7 Å². The number of piperidine rings is 1. The lowest BCUT2D eigenvalue weighted by Crippen LogP contribution is -2.42. The molecule has 0 bridgehead atoms. The molecule has 3 rings (SSSR count). The number of ether oxygens (including phenoxy) is 1. The van der Waals surface area contributed by atoms with Gasteiger partial charge in [-0.05, 0) is 44.0 Å². The SMILES string of the molecule is CCS(=O)(=O)N1CCC(C(=O)Nc2ccc(N3CCOCC3)cc2)CC1. The second kappa shape index (κ2) is 8.37. The zero-order chi connectivity index (χ0) is 18.6. The first-order valence-electron chi connectivity index (χ1n) is 9.21. The molecular formula is C18H27N3O4S. The van der Waals surface area contributed by atoms with Crippen molar-refractivity contribution in [3.8, 4) is 0 Å². The van der Waals surface area contributed by atoms with Crippen LogP contribution in [-0.2, 0) is 19.6 Å². The molecule has 1 aromatic rings. The lowest BCUT2D eigenvalue weighted by Gasteiger charge is -2.30. The van der Waals surface area contributed by atoms with Crippen LogP contribution in [0.25, 0.3) is 0 Å². The van der Waals surface area contributed by atoms with Gasteiger partial charge in [-0.2, -0.15) is 0 Å². The highest BCUT2D eigenvalue weighted by molar-refractivity contribution is 7.89. The second-order valence-electron chi connectivity index (χ2n) is 6.71. The third-order valence-electron chi connectivity index (χ3n) is 5.09. The van der Waals surface area contributed by atoms with Gasteiger partial charge < -0.3 is 15.0 Å². The van der Waals surface area contributed by atoms with E-state index < -0.39 is 10.0 Å². The van der Waals surface area contributed by atoms with Gasteiger partial charge in [0.25, 0.3) is 0 Å². The van der Waals surface area contributed by atoms with Crippen LogP contribution in [0.2, 0.25) is 0 Å². The van der Waals surface area contributed by atoms with E-state index in [1.165, 1.54) is 4.31 Å². The van der Waals surface area contributed by atoms with Gasteiger partial charge in [0, 0.05) is 43.5 Å². The van der Waals surface area contributed by atoms with Crippen molar-refractivity contribution in [2.24, 2.45) is 5.92 Å². The summed E-state index contributed by atoms with van der Waals surface area (Å²) in [6.07, 6.45) is 1.13. The molecule has 8 heteroatoms. The molecule has 2 aliphatic rings. The molecule has 0 aromatic heterocycles. The van der Waals surface area contributed by atoms with Crippen molar-refractivity contribution in [1.29, 1.82) is 0 Å². The molecule has 2 fully saturated rings. The Kier molecular flexibility index (Phi) is 6.16. The largest absolute Gasteiger partial charge is 0.378 e. The minimum atomic E-state index is -3.16. The highest BCUT2D eigenvalue weighted by Crippen LogP contribution is 2.23. The maximum absolute atomic E-state index is 12.5. The molecule has 2 heterocycles. The molecule has 0 unspecified atom stereocenters. The Labute approximate surface area is 155 Å². The van der Waals surface area contributed by atoms with E-state index in [2.05, 4.69) is 10.2 Å². The van der Waals surface area contributed by atoms with Crippen LogP contribution in [0.4, 0.5) is 11.4 Å². The summed E-state index contributed by atoms with van der Waals surface area (Å²) in [6.45, 7) is 5.73. The fraction of sp³-hybridized carbons (Fsp3) is 0.611. The Bertz CT molecular complexity index is 706. The number of anilines is 2. The van der Waals surface area contributed by atoms with E-state index in [1.54, 1.807) is 6.92 Å². The van der Waals surface area contributed by atoms with Gasteiger partial charge in [0.2, 0.25) is 15.9 Å². The first-order valence-corrected chi connectivity index (χ1v) is 10.8. The Balaban J connectivity index is 1.52. The van der Waals surface area contributed by atoms with Gasteiger partial charge in [0.05, 0.1) is 19.0 Å². The summed E-state index contributed by atoms with van der Waals surface area (Å²) in [7, 11) is -3.16. The van der Waals surface area contributed by atoms with E-state index in [4.69, 9.17) is 4.74 Å². The monoisotopic (exact) mass is 381 g/mol. The Morgan fingerprint density at radius 1 is 1.12 bits per heavy atom. The molecule has 2 saturated heterocycles. The number of hydrogen-bond acceptors (Lipinski definition) is 5. The van der Waals surface area contributed by atoms with E-state index in [0.29, 0.717) is 25.9 Å². The Morgan fingerprint density at radius 3 is 2.31 bits per heavy atom. The summed E-state index contributed by atoms with van der Waals surface area (Å²) in [4.78, 5) is 14.7. The number of benzene rings is 1. The minimum absolute atomic E-state index is 0.0299. The summed E-state index contributed by atoms with van der Waals surface area (Å²) in [5.41, 5.74) is 1.90. The molecule has 144 valence electrons. The summed E-state index contributed by atoms with van der Waals surface area (Å²) in [6, 6.07) is 7.85. The van der Waals surface area contributed by atoms with Crippen molar-refractivity contribution in [3.63, 3.8) is 0 Å². The topological polar surface area (TPSA) is 79.0 Å². The first-order chi connectivity index (χ1) is 12.5. The van der Waals surface area contributed by atoms with Gasteiger partial charge >= 0.3 is 0 Å². The molecule has 1 aromatic carbocycles. The average Bonchev–Trinajstić information content (AvgIpc) is 2.69. The third-order valence-corrected chi connectivity index (χ3v) is 6.98. The fourth-order valence-electron chi connectivity index (χ4n) is 3.40. The quantitative estimate of drug-likeness (QED) is 0.837. The number of rotatable bonds is 5. The number of hydrogen-bond donors (Lipinski definition) is 1. The maximum atomic E-state index is 12.5. The van der Waals surface area contributed by atoms with Crippen molar-refractivity contribution in [3.05, 3.63) is 24.3 Å². The second-order valence-corrected chi connectivity index (χ2v) is 8.97. The lowest BCUT2D eigenvalue weighted by atomic mass is 9.97. The molecular weight excluding hydrogens is 354 g/mol.